The van der Waals surface area contributed by atoms with Crippen molar-refractivity contribution in [2.75, 3.05) is 6.61 Å². The molecule has 0 bridgehead atoms. The summed E-state index contributed by atoms with van der Waals surface area (Å²) in [6.45, 7) is 5.13. The van der Waals surface area contributed by atoms with Gasteiger partial charge in [0, 0.05) is 29.7 Å². The van der Waals surface area contributed by atoms with Crippen LogP contribution in [-0.4, -0.2) is 46.9 Å². The molecule has 260 valence electrons. The Hall–Kier alpha value is -6.08. The summed E-state index contributed by atoms with van der Waals surface area (Å²) in [5.41, 5.74) is 6.18. The van der Waals surface area contributed by atoms with Crippen molar-refractivity contribution in [3.63, 3.8) is 0 Å². The second-order valence-electron chi connectivity index (χ2n) is 12.0. The van der Waals surface area contributed by atoms with Crippen molar-refractivity contribution in [1.82, 2.24) is 5.32 Å². The van der Waals surface area contributed by atoms with Crippen molar-refractivity contribution in [2.24, 2.45) is 5.73 Å². The van der Waals surface area contributed by atoms with E-state index in [1.807, 2.05) is 60.7 Å². The van der Waals surface area contributed by atoms with Crippen molar-refractivity contribution in [1.29, 1.82) is 0 Å². The van der Waals surface area contributed by atoms with E-state index in [0.29, 0.717) is 11.3 Å². The van der Waals surface area contributed by atoms with Gasteiger partial charge in [-0.2, -0.15) is 0 Å². The molecule has 13 heteroatoms. The summed E-state index contributed by atoms with van der Waals surface area (Å²) in [5.74, 6) is -2.56. The number of rotatable bonds is 15. The minimum atomic E-state index is -1.31. The highest BCUT2D eigenvalue weighted by Gasteiger charge is 2.29. The lowest BCUT2D eigenvalue weighted by Gasteiger charge is -2.27. The van der Waals surface area contributed by atoms with E-state index in [9.17, 15) is 29.3 Å². The topological polar surface area (TPSA) is 186 Å². The van der Waals surface area contributed by atoms with E-state index in [0.717, 1.165) is 11.1 Å². The first kappa shape index (κ1) is 36.8. The van der Waals surface area contributed by atoms with E-state index >= 15 is 0 Å². The van der Waals surface area contributed by atoms with Crippen LogP contribution < -0.4 is 15.8 Å². The lowest BCUT2D eigenvalue weighted by Crippen LogP contribution is -2.45. The summed E-state index contributed by atoms with van der Waals surface area (Å²) in [6.07, 6.45) is -2.04. The highest BCUT2D eigenvalue weighted by atomic mass is 16.7. The normalized spacial score (nSPS) is 12.3. The van der Waals surface area contributed by atoms with Crippen molar-refractivity contribution >= 4 is 29.4 Å². The number of nitrogens with one attached hydrogen (secondary N) is 1. The maximum absolute atomic E-state index is 13.3. The average Bonchev–Trinajstić information content (AvgIpc) is 3.09. The van der Waals surface area contributed by atoms with Crippen molar-refractivity contribution in [3.05, 3.63) is 142 Å². The van der Waals surface area contributed by atoms with E-state index in [4.69, 9.17) is 24.7 Å². The van der Waals surface area contributed by atoms with Gasteiger partial charge in [-0.25, -0.2) is 14.4 Å². The van der Waals surface area contributed by atoms with Gasteiger partial charge < -0.3 is 30.0 Å². The number of ether oxygens (including phenoxy) is 4. The second kappa shape index (κ2) is 16.8. The van der Waals surface area contributed by atoms with Crippen LogP contribution in [0.3, 0.4) is 0 Å². The Labute approximate surface area is 288 Å². The van der Waals surface area contributed by atoms with E-state index < -0.39 is 52.7 Å². The molecule has 0 aliphatic heterocycles. The molecule has 0 aliphatic carbocycles. The monoisotopic (exact) mass is 683 g/mol. The van der Waals surface area contributed by atoms with Gasteiger partial charge in [0.25, 0.3) is 11.5 Å². The quantitative estimate of drug-likeness (QED) is 0.0377. The predicted molar refractivity (Wildman–Crippen MR) is 181 cm³/mol. The number of carbonyl (C=O) groups is 4. The Morgan fingerprint density at radius 2 is 1.34 bits per heavy atom. The number of nitro groups is 1. The van der Waals surface area contributed by atoms with E-state index in [-0.39, 0.29) is 24.3 Å². The van der Waals surface area contributed by atoms with E-state index in [2.05, 4.69) is 5.32 Å². The number of esters is 2. The number of amides is 2. The lowest BCUT2D eigenvalue weighted by molar-refractivity contribution is -0.384. The van der Waals surface area contributed by atoms with Gasteiger partial charge >= 0.3 is 18.0 Å². The highest BCUT2D eigenvalue weighted by Crippen LogP contribution is 2.29. The molecule has 2 amide bonds. The number of nitrogens with zero attached hydrogens (tertiary/aromatic N) is 1. The summed E-state index contributed by atoms with van der Waals surface area (Å²) < 4.78 is 22.8. The van der Waals surface area contributed by atoms with Crippen LogP contribution in [0, 0.1) is 10.1 Å². The molecule has 2 unspecified atom stereocenters. The zero-order valence-electron chi connectivity index (χ0n) is 27.6. The van der Waals surface area contributed by atoms with Crippen LogP contribution in [0.2, 0.25) is 0 Å². The molecule has 50 heavy (non-hydrogen) atoms. The number of nitrogens with two attached hydrogens (primary N) is 1. The Kier molecular flexibility index (Phi) is 12.4. The van der Waals surface area contributed by atoms with Gasteiger partial charge in [0.2, 0.25) is 6.29 Å². The number of Topliss-reactive ketones (excluding diaryl/α,β-unsaturated/α-hetero) is 1. The first-order chi connectivity index (χ1) is 23.8. The fourth-order valence-electron chi connectivity index (χ4n) is 4.70. The molecule has 4 aromatic carbocycles. The predicted octanol–water partition coefficient (Wildman–Crippen LogP) is 5.97. The van der Waals surface area contributed by atoms with Crippen molar-refractivity contribution in [3.8, 4) is 5.75 Å². The van der Waals surface area contributed by atoms with Gasteiger partial charge in [0.05, 0.1) is 17.1 Å². The van der Waals surface area contributed by atoms with Gasteiger partial charge in [0.15, 0.2) is 6.10 Å². The third-order valence-corrected chi connectivity index (χ3v) is 7.07. The number of benzene rings is 4. The molecule has 0 saturated heterocycles. The van der Waals surface area contributed by atoms with E-state index in [1.165, 1.54) is 48.5 Å². The smallest absolute Gasteiger partial charge is 0.382 e. The molecule has 0 spiro atoms. The number of ketones is 1. The van der Waals surface area contributed by atoms with Crippen LogP contribution >= 0.6 is 0 Å². The number of nitro benzene ring substituents is 1. The molecular weight excluding hydrogens is 646 g/mol. The summed E-state index contributed by atoms with van der Waals surface area (Å²) in [4.78, 5) is 61.3. The summed E-state index contributed by atoms with van der Waals surface area (Å²) in [6, 6.07) is 27.2. The summed E-state index contributed by atoms with van der Waals surface area (Å²) >= 11 is 0. The maximum Gasteiger partial charge on any atom is 0.382 e. The Morgan fingerprint density at radius 1 is 0.780 bits per heavy atom. The van der Waals surface area contributed by atoms with Crippen molar-refractivity contribution < 1.29 is 43.0 Å². The molecule has 3 N–H and O–H groups in total. The van der Waals surface area contributed by atoms with Crippen LogP contribution in [0.5, 0.6) is 5.75 Å². The number of hydrogen-bond acceptors (Lipinski definition) is 10. The minimum absolute atomic E-state index is 0.00287. The molecule has 4 rings (SSSR count). The SMILES string of the molecule is CC(C)(C)OC(OC(=O)C(=O)c1ccc(OCCC(NC(N)=O)C(=O)OC(c2ccccc2)c2ccccc2)cc1)c1ccc([N+](=O)[O-])cc1. The summed E-state index contributed by atoms with van der Waals surface area (Å²) in [5, 5.41) is 13.4. The van der Waals surface area contributed by atoms with Crippen LogP contribution in [-0.2, 0) is 23.8 Å². The number of non-ortho nitro benzene ring substituents is 1. The van der Waals surface area contributed by atoms with E-state index in [1.54, 1.807) is 20.8 Å². The number of hydrogen-bond donors (Lipinski definition) is 2. The lowest BCUT2D eigenvalue weighted by atomic mass is 10.0. The second-order valence-corrected chi connectivity index (χ2v) is 12.0. The zero-order chi connectivity index (χ0) is 36.3. The van der Waals surface area contributed by atoms with Gasteiger partial charge in [-0.1, -0.05) is 60.7 Å². The summed E-state index contributed by atoms with van der Waals surface area (Å²) in [7, 11) is 0. The van der Waals surface area contributed by atoms with Gasteiger partial charge in [-0.3, -0.25) is 14.9 Å². The molecule has 0 fully saturated rings. The van der Waals surface area contributed by atoms with Crippen LogP contribution in [0.1, 0.15) is 66.6 Å². The molecule has 0 aliphatic rings. The third-order valence-electron chi connectivity index (χ3n) is 7.07. The molecule has 0 saturated carbocycles. The molecule has 0 radical (unpaired) electrons. The number of primary amides is 1. The first-order valence-electron chi connectivity index (χ1n) is 15.6. The highest BCUT2D eigenvalue weighted by molar-refractivity contribution is 6.40. The Balaban J connectivity index is 1.37. The standard InChI is InChI=1S/C37H37N3O10/c1-37(2,3)50-35(27-14-18-28(19-15-27)40(45)46)49-34(43)31(41)24-16-20-29(21-17-24)47-23-22-30(39-36(38)44)33(42)48-32(25-10-6-4-7-11-25)26-12-8-5-9-13-26/h4-21,30,32,35H,22-23H2,1-3H3,(H3,38,39,44). The number of urea groups is 1. The van der Waals surface area contributed by atoms with Crippen LogP contribution in [0.15, 0.2) is 109 Å². The number of carbonyl (C=O) groups excluding carboxylic acids is 4. The fraction of sp³-hybridized carbons (Fsp3) is 0.243. The van der Waals surface area contributed by atoms with Crippen molar-refractivity contribution in [2.45, 2.75) is 51.2 Å². The van der Waals surface area contributed by atoms with Crippen LogP contribution in [0.25, 0.3) is 0 Å². The molecular formula is C37H37N3O10. The largest absolute Gasteiger partial charge is 0.494 e. The minimum Gasteiger partial charge on any atom is -0.494 e. The zero-order valence-corrected chi connectivity index (χ0v) is 27.6. The van der Waals surface area contributed by atoms with Crippen LogP contribution in [0.4, 0.5) is 10.5 Å². The molecule has 0 aromatic heterocycles. The van der Waals surface area contributed by atoms with Gasteiger partial charge in [-0.05, 0) is 68.3 Å². The molecule has 13 nitrogen and oxygen atoms in total. The Bertz CT molecular complexity index is 1740. The maximum atomic E-state index is 13.3. The van der Waals surface area contributed by atoms with Gasteiger partial charge in [0.1, 0.15) is 11.8 Å². The molecule has 4 aromatic rings. The Morgan fingerprint density at radius 3 is 1.84 bits per heavy atom. The van der Waals surface area contributed by atoms with Gasteiger partial charge in [-0.15, -0.1) is 0 Å². The molecule has 2 atom stereocenters. The third kappa shape index (κ3) is 10.7. The first-order valence-corrected chi connectivity index (χ1v) is 15.6. The average molecular weight is 684 g/mol. The molecule has 0 heterocycles. The fourth-order valence-corrected chi connectivity index (χ4v) is 4.70.